The van der Waals surface area contributed by atoms with E-state index in [0.29, 0.717) is 6.61 Å². The number of hydrogen-bond acceptors (Lipinski definition) is 4. The van der Waals surface area contributed by atoms with E-state index in [0.717, 1.165) is 33.6 Å². The third-order valence-corrected chi connectivity index (χ3v) is 4.78. The summed E-state index contributed by atoms with van der Waals surface area (Å²) in [6, 6.07) is 13.8. The molecule has 0 amide bonds. The van der Waals surface area contributed by atoms with Gasteiger partial charge in [0, 0.05) is 9.92 Å². The second kappa shape index (κ2) is 5.66. The Morgan fingerprint density at radius 3 is 2.91 bits per heavy atom. The minimum Gasteiger partial charge on any atom is -0.489 e. The van der Waals surface area contributed by atoms with Gasteiger partial charge in [-0.2, -0.15) is 0 Å². The Morgan fingerprint density at radius 1 is 1.18 bits per heavy atom. The van der Waals surface area contributed by atoms with Crippen molar-refractivity contribution in [2.45, 2.75) is 17.3 Å². The molecule has 0 unspecified atom stereocenters. The van der Waals surface area contributed by atoms with Crippen LogP contribution in [0.25, 0.3) is 5.69 Å². The average Bonchev–Trinajstić information content (AvgIpc) is 3.03. The molecule has 1 aromatic heterocycles. The molecule has 0 aliphatic carbocycles. The summed E-state index contributed by atoms with van der Waals surface area (Å²) >= 11 is 7.64. The summed E-state index contributed by atoms with van der Waals surface area (Å²) in [6.07, 6.45) is 1.75. The molecule has 4 nitrogen and oxygen atoms in total. The summed E-state index contributed by atoms with van der Waals surface area (Å²) < 4.78 is 7.89. The maximum Gasteiger partial charge on any atom is 0.147 e. The number of benzene rings is 2. The van der Waals surface area contributed by atoms with E-state index in [2.05, 4.69) is 16.3 Å². The van der Waals surface area contributed by atoms with E-state index >= 15 is 0 Å². The molecular formula is C16H12ClN3OS. The zero-order valence-corrected chi connectivity index (χ0v) is 13.1. The van der Waals surface area contributed by atoms with E-state index in [9.17, 15) is 0 Å². The molecule has 2 heterocycles. The second-order valence-electron chi connectivity index (χ2n) is 4.95. The summed E-state index contributed by atoms with van der Waals surface area (Å²) in [7, 11) is 0. The first-order chi connectivity index (χ1) is 10.8. The van der Waals surface area contributed by atoms with Crippen LogP contribution < -0.4 is 4.74 Å². The smallest absolute Gasteiger partial charge is 0.147 e. The van der Waals surface area contributed by atoms with Gasteiger partial charge in [0.25, 0.3) is 0 Å². The van der Waals surface area contributed by atoms with E-state index in [1.54, 1.807) is 18.1 Å². The maximum atomic E-state index is 5.88. The van der Waals surface area contributed by atoms with Crippen LogP contribution in [0.2, 0.25) is 5.02 Å². The van der Waals surface area contributed by atoms with Crippen molar-refractivity contribution in [2.75, 3.05) is 0 Å². The molecule has 3 aromatic rings. The summed E-state index contributed by atoms with van der Waals surface area (Å²) in [6.45, 7) is 0.526. The van der Waals surface area contributed by atoms with Crippen molar-refractivity contribution in [3.8, 4) is 11.4 Å². The van der Waals surface area contributed by atoms with Crippen molar-refractivity contribution in [1.82, 2.24) is 14.8 Å². The normalized spacial score (nSPS) is 12.6. The predicted octanol–water partition coefficient (Wildman–Crippen LogP) is 4.11. The predicted molar refractivity (Wildman–Crippen MR) is 86.7 cm³/mol. The van der Waals surface area contributed by atoms with Crippen LogP contribution in [-0.4, -0.2) is 14.8 Å². The number of thioether (sulfide) groups is 1. The quantitative estimate of drug-likeness (QED) is 0.725. The lowest BCUT2D eigenvalue weighted by Gasteiger charge is -2.18. The Bertz CT molecular complexity index is 817. The van der Waals surface area contributed by atoms with Crippen molar-refractivity contribution in [2.24, 2.45) is 0 Å². The number of fused-ring (bicyclic) bond motifs is 3. The van der Waals surface area contributed by atoms with Crippen molar-refractivity contribution in [3.63, 3.8) is 0 Å². The van der Waals surface area contributed by atoms with E-state index in [1.165, 1.54) is 4.90 Å². The topological polar surface area (TPSA) is 39.9 Å². The zero-order chi connectivity index (χ0) is 14.9. The molecule has 0 fully saturated rings. The first kappa shape index (κ1) is 13.7. The number of aromatic nitrogens is 3. The number of nitrogens with zero attached hydrogens (tertiary/aromatic N) is 3. The number of hydrogen-bond donors (Lipinski definition) is 0. The fourth-order valence-electron chi connectivity index (χ4n) is 2.35. The summed E-state index contributed by atoms with van der Waals surface area (Å²) in [5, 5.41) is 8.81. The molecule has 0 spiro atoms. The highest BCUT2D eigenvalue weighted by Gasteiger charge is 2.17. The van der Waals surface area contributed by atoms with Gasteiger partial charge in [-0.3, -0.25) is 4.57 Å². The molecule has 22 heavy (non-hydrogen) atoms. The van der Waals surface area contributed by atoms with Crippen LogP contribution in [0, 0.1) is 0 Å². The van der Waals surface area contributed by atoms with Gasteiger partial charge in [0.15, 0.2) is 0 Å². The molecule has 1 aliphatic heterocycles. The standard InChI is InChI=1S/C16H12ClN3OS/c17-12-3-1-11(2-4-12)8-21-13-5-6-14-15(7-13)22-9-16-19-18-10-20(14)16/h1-7,10H,8-9H2. The SMILES string of the molecule is Clc1ccc(COc2ccc3c(c2)SCc2nncn2-3)cc1. The number of ether oxygens (including phenoxy) is 1. The number of halogens is 1. The Labute approximate surface area is 137 Å². The Kier molecular flexibility index (Phi) is 3.52. The highest BCUT2D eigenvalue weighted by Crippen LogP contribution is 2.36. The lowest BCUT2D eigenvalue weighted by molar-refractivity contribution is 0.305. The van der Waals surface area contributed by atoms with Gasteiger partial charge in [-0.25, -0.2) is 0 Å². The molecule has 2 aromatic carbocycles. The monoisotopic (exact) mass is 329 g/mol. The maximum absolute atomic E-state index is 5.88. The molecule has 0 saturated carbocycles. The molecular weight excluding hydrogens is 318 g/mol. The summed E-state index contributed by atoms with van der Waals surface area (Å²) in [5.41, 5.74) is 2.20. The van der Waals surface area contributed by atoms with Crippen LogP contribution in [0.3, 0.4) is 0 Å². The van der Waals surface area contributed by atoms with Gasteiger partial charge in [-0.1, -0.05) is 23.7 Å². The Morgan fingerprint density at radius 2 is 2.05 bits per heavy atom. The number of rotatable bonds is 3. The molecule has 0 radical (unpaired) electrons. The molecule has 0 bridgehead atoms. The van der Waals surface area contributed by atoms with Crippen LogP contribution in [-0.2, 0) is 12.4 Å². The second-order valence-corrected chi connectivity index (χ2v) is 6.40. The van der Waals surface area contributed by atoms with Crippen LogP contribution in [0.4, 0.5) is 0 Å². The molecule has 0 saturated heterocycles. The van der Waals surface area contributed by atoms with Gasteiger partial charge in [-0.15, -0.1) is 22.0 Å². The van der Waals surface area contributed by atoms with Crippen molar-refractivity contribution in [1.29, 1.82) is 0 Å². The van der Waals surface area contributed by atoms with Gasteiger partial charge in [0.1, 0.15) is 24.5 Å². The molecule has 0 N–H and O–H groups in total. The third kappa shape index (κ3) is 2.58. The van der Waals surface area contributed by atoms with Crippen molar-refractivity contribution in [3.05, 3.63) is 65.2 Å². The molecule has 1 aliphatic rings. The van der Waals surface area contributed by atoms with Gasteiger partial charge < -0.3 is 4.74 Å². The van der Waals surface area contributed by atoms with Gasteiger partial charge in [0.2, 0.25) is 0 Å². The van der Waals surface area contributed by atoms with Gasteiger partial charge >= 0.3 is 0 Å². The first-order valence-corrected chi connectivity index (χ1v) is 8.19. The molecule has 0 atom stereocenters. The first-order valence-electron chi connectivity index (χ1n) is 6.83. The van der Waals surface area contributed by atoms with Crippen molar-refractivity contribution < 1.29 is 4.74 Å². The zero-order valence-electron chi connectivity index (χ0n) is 11.6. The Balaban J connectivity index is 1.54. The lowest BCUT2D eigenvalue weighted by atomic mass is 10.2. The fourth-order valence-corrected chi connectivity index (χ4v) is 3.47. The van der Waals surface area contributed by atoms with E-state index in [1.807, 2.05) is 41.0 Å². The van der Waals surface area contributed by atoms with Gasteiger partial charge in [-0.05, 0) is 35.9 Å². The molecule has 4 rings (SSSR count). The van der Waals surface area contributed by atoms with Crippen LogP contribution in [0.15, 0.2) is 53.7 Å². The van der Waals surface area contributed by atoms with Crippen LogP contribution in [0.5, 0.6) is 5.75 Å². The van der Waals surface area contributed by atoms with Crippen LogP contribution in [0.1, 0.15) is 11.4 Å². The van der Waals surface area contributed by atoms with E-state index in [4.69, 9.17) is 16.3 Å². The highest BCUT2D eigenvalue weighted by molar-refractivity contribution is 7.98. The summed E-state index contributed by atoms with van der Waals surface area (Å²) in [4.78, 5) is 1.18. The fraction of sp³-hybridized carbons (Fsp3) is 0.125. The van der Waals surface area contributed by atoms with Crippen molar-refractivity contribution >= 4 is 23.4 Å². The minimum absolute atomic E-state index is 0.526. The Hall–Kier alpha value is -1.98. The molecule has 6 heteroatoms. The van der Waals surface area contributed by atoms with E-state index < -0.39 is 0 Å². The third-order valence-electron chi connectivity index (χ3n) is 3.48. The van der Waals surface area contributed by atoms with E-state index in [-0.39, 0.29) is 0 Å². The average molecular weight is 330 g/mol. The van der Waals surface area contributed by atoms with Crippen LogP contribution >= 0.6 is 23.4 Å². The van der Waals surface area contributed by atoms with Gasteiger partial charge in [0.05, 0.1) is 11.4 Å². The largest absolute Gasteiger partial charge is 0.489 e. The molecule has 110 valence electrons. The minimum atomic E-state index is 0.526. The highest BCUT2D eigenvalue weighted by atomic mass is 35.5. The lowest BCUT2D eigenvalue weighted by Crippen LogP contribution is -2.06. The summed E-state index contributed by atoms with van der Waals surface area (Å²) in [5.74, 6) is 2.67.